The summed E-state index contributed by atoms with van der Waals surface area (Å²) in [5.41, 5.74) is 1.45. The lowest BCUT2D eigenvalue weighted by Gasteiger charge is -2.32. The highest BCUT2D eigenvalue weighted by Gasteiger charge is 2.24. The van der Waals surface area contributed by atoms with Gasteiger partial charge in [0.15, 0.2) is 0 Å². The molecule has 0 aromatic carbocycles. The number of anilines is 1. The number of hydrogen-bond acceptors (Lipinski definition) is 4. The van der Waals surface area contributed by atoms with Gasteiger partial charge in [0.25, 0.3) is 0 Å². The highest BCUT2D eigenvalue weighted by molar-refractivity contribution is 5.78. The van der Waals surface area contributed by atoms with Crippen LogP contribution in [-0.2, 0) is 4.79 Å². The minimum Gasteiger partial charge on any atom is -0.370 e. The molecule has 5 heteroatoms. The van der Waals surface area contributed by atoms with Gasteiger partial charge in [-0.25, -0.2) is 4.98 Å². The molecule has 0 bridgehead atoms. The number of amides is 1. The first-order valence-corrected chi connectivity index (χ1v) is 6.63. The van der Waals surface area contributed by atoms with Gasteiger partial charge in [-0.05, 0) is 31.9 Å². The van der Waals surface area contributed by atoms with Crippen molar-refractivity contribution in [2.24, 2.45) is 5.92 Å². The number of carbonyl (C=O) groups excluding carboxylic acids is 1. The molecule has 2 heterocycles. The second-order valence-electron chi connectivity index (χ2n) is 4.67. The van der Waals surface area contributed by atoms with Crippen LogP contribution in [0.2, 0.25) is 0 Å². The Kier molecular flexibility index (Phi) is 4.35. The Balaban J connectivity index is 1.92. The molecule has 1 amide bonds. The molecule has 1 aromatic rings. The van der Waals surface area contributed by atoms with Crippen LogP contribution in [0.15, 0.2) is 18.3 Å². The van der Waals surface area contributed by atoms with Crippen molar-refractivity contribution in [3.63, 3.8) is 0 Å². The fourth-order valence-electron chi connectivity index (χ4n) is 2.36. The maximum atomic E-state index is 11.7. The topological polar surface area (TPSA) is 69.0 Å². The zero-order valence-corrected chi connectivity index (χ0v) is 11.1. The summed E-state index contributed by atoms with van der Waals surface area (Å²) in [6, 6.07) is 5.65. The van der Waals surface area contributed by atoms with E-state index in [0.717, 1.165) is 31.6 Å². The van der Waals surface area contributed by atoms with Gasteiger partial charge in [-0.2, -0.15) is 5.26 Å². The first-order chi connectivity index (χ1) is 9.24. The fourth-order valence-corrected chi connectivity index (χ4v) is 2.36. The van der Waals surface area contributed by atoms with E-state index < -0.39 is 0 Å². The van der Waals surface area contributed by atoms with Crippen LogP contribution in [0.25, 0.3) is 0 Å². The molecular formula is C14H18N4O. The minimum atomic E-state index is 0.127. The zero-order valence-electron chi connectivity index (χ0n) is 11.1. The Morgan fingerprint density at radius 3 is 2.79 bits per heavy atom. The summed E-state index contributed by atoms with van der Waals surface area (Å²) in [4.78, 5) is 18.0. The van der Waals surface area contributed by atoms with Gasteiger partial charge in [-0.3, -0.25) is 4.79 Å². The minimum absolute atomic E-state index is 0.127. The standard InChI is InChI=1S/C14H18N4O/c1-2-16-14(19)11-5-7-18(8-6-11)13-4-3-12(9-15)17-10-13/h3-4,10-11H,2,5-8H2,1H3,(H,16,19). The fraction of sp³-hybridized carbons (Fsp3) is 0.500. The third-order valence-electron chi connectivity index (χ3n) is 3.44. The molecule has 2 rings (SSSR count). The van der Waals surface area contributed by atoms with Crippen molar-refractivity contribution >= 4 is 11.6 Å². The van der Waals surface area contributed by atoms with E-state index in [1.165, 1.54) is 0 Å². The van der Waals surface area contributed by atoms with Crippen molar-refractivity contribution in [3.8, 4) is 6.07 Å². The van der Waals surface area contributed by atoms with E-state index in [-0.39, 0.29) is 11.8 Å². The Morgan fingerprint density at radius 1 is 1.53 bits per heavy atom. The number of piperidine rings is 1. The van der Waals surface area contributed by atoms with Gasteiger partial charge in [0.1, 0.15) is 11.8 Å². The highest BCUT2D eigenvalue weighted by atomic mass is 16.1. The van der Waals surface area contributed by atoms with Gasteiger partial charge < -0.3 is 10.2 Å². The average Bonchev–Trinajstić information content (AvgIpc) is 2.48. The van der Waals surface area contributed by atoms with Gasteiger partial charge in [0.05, 0.1) is 11.9 Å². The lowest BCUT2D eigenvalue weighted by Crippen LogP contribution is -2.40. The SMILES string of the molecule is CCNC(=O)C1CCN(c2ccc(C#N)nc2)CC1. The van der Waals surface area contributed by atoms with Crippen molar-refractivity contribution in [2.45, 2.75) is 19.8 Å². The predicted molar refractivity (Wildman–Crippen MR) is 72.6 cm³/mol. The van der Waals surface area contributed by atoms with Gasteiger partial charge >= 0.3 is 0 Å². The molecular weight excluding hydrogens is 240 g/mol. The molecule has 0 saturated carbocycles. The molecule has 0 radical (unpaired) electrons. The summed E-state index contributed by atoms with van der Waals surface area (Å²) in [6.07, 6.45) is 3.46. The van der Waals surface area contributed by atoms with E-state index >= 15 is 0 Å². The summed E-state index contributed by atoms with van der Waals surface area (Å²) in [7, 11) is 0. The Bertz CT molecular complexity index is 469. The zero-order chi connectivity index (χ0) is 13.7. The van der Waals surface area contributed by atoms with Crippen LogP contribution in [-0.4, -0.2) is 30.5 Å². The van der Waals surface area contributed by atoms with E-state index in [1.807, 2.05) is 19.1 Å². The van der Waals surface area contributed by atoms with Crippen molar-refractivity contribution in [2.75, 3.05) is 24.5 Å². The van der Waals surface area contributed by atoms with Crippen LogP contribution in [0.4, 0.5) is 5.69 Å². The molecule has 1 aromatic heterocycles. The van der Waals surface area contributed by atoms with Gasteiger partial charge in [-0.1, -0.05) is 0 Å². The number of pyridine rings is 1. The van der Waals surface area contributed by atoms with Crippen molar-refractivity contribution in [1.29, 1.82) is 5.26 Å². The molecule has 0 unspecified atom stereocenters. The summed E-state index contributed by atoms with van der Waals surface area (Å²) in [5, 5.41) is 11.6. The maximum absolute atomic E-state index is 11.7. The molecule has 0 aliphatic carbocycles. The highest BCUT2D eigenvalue weighted by Crippen LogP contribution is 2.22. The second kappa shape index (κ2) is 6.19. The molecule has 100 valence electrons. The Hall–Kier alpha value is -2.09. The summed E-state index contributed by atoms with van der Waals surface area (Å²) in [6.45, 7) is 4.35. The molecule has 1 aliphatic rings. The molecule has 1 fully saturated rings. The predicted octanol–water partition coefficient (Wildman–Crippen LogP) is 1.31. The number of rotatable bonds is 3. The molecule has 19 heavy (non-hydrogen) atoms. The van der Waals surface area contributed by atoms with E-state index in [9.17, 15) is 4.79 Å². The van der Waals surface area contributed by atoms with Gasteiger partial charge in [0.2, 0.25) is 5.91 Å². The van der Waals surface area contributed by atoms with Crippen molar-refractivity contribution < 1.29 is 4.79 Å². The molecule has 1 aliphatic heterocycles. The second-order valence-corrected chi connectivity index (χ2v) is 4.67. The number of nitrogens with zero attached hydrogens (tertiary/aromatic N) is 3. The third-order valence-corrected chi connectivity index (χ3v) is 3.44. The van der Waals surface area contributed by atoms with Gasteiger partial charge in [-0.15, -0.1) is 0 Å². The van der Waals surface area contributed by atoms with Gasteiger partial charge in [0, 0.05) is 25.6 Å². The maximum Gasteiger partial charge on any atom is 0.223 e. The molecule has 0 spiro atoms. The monoisotopic (exact) mass is 258 g/mol. The third kappa shape index (κ3) is 3.22. The molecule has 0 atom stereocenters. The molecule has 5 nitrogen and oxygen atoms in total. The number of aromatic nitrogens is 1. The van der Waals surface area contributed by atoms with E-state index in [4.69, 9.17) is 5.26 Å². The lowest BCUT2D eigenvalue weighted by molar-refractivity contribution is -0.125. The molecule has 1 N–H and O–H groups in total. The number of hydrogen-bond donors (Lipinski definition) is 1. The Labute approximate surface area is 113 Å². The molecule has 1 saturated heterocycles. The van der Waals surface area contributed by atoms with Crippen LogP contribution in [0.1, 0.15) is 25.5 Å². The largest absolute Gasteiger partial charge is 0.370 e. The van der Waals surface area contributed by atoms with Crippen LogP contribution in [0, 0.1) is 17.2 Å². The Morgan fingerprint density at radius 2 is 2.26 bits per heavy atom. The van der Waals surface area contributed by atoms with Crippen LogP contribution >= 0.6 is 0 Å². The quantitative estimate of drug-likeness (QED) is 0.887. The normalized spacial score (nSPS) is 15.9. The smallest absolute Gasteiger partial charge is 0.223 e. The number of nitriles is 1. The summed E-state index contributed by atoms with van der Waals surface area (Å²) >= 11 is 0. The van der Waals surface area contributed by atoms with E-state index in [2.05, 4.69) is 15.2 Å². The van der Waals surface area contributed by atoms with E-state index in [0.29, 0.717) is 12.2 Å². The average molecular weight is 258 g/mol. The lowest BCUT2D eigenvalue weighted by atomic mass is 9.95. The first-order valence-electron chi connectivity index (χ1n) is 6.63. The van der Waals surface area contributed by atoms with E-state index in [1.54, 1.807) is 12.3 Å². The number of nitrogens with one attached hydrogen (secondary N) is 1. The van der Waals surface area contributed by atoms with Crippen LogP contribution < -0.4 is 10.2 Å². The van der Waals surface area contributed by atoms with Crippen LogP contribution in [0.5, 0.6) is 0 Å². The number of carbonyl (C=O) groups is 1. The summed E-state index contributed by atoms with van der Waals surface area (Å²) < 4.78 is 0. The van der Waals surface area contributed by atoms with Crippen LogP contribution in [0.3, 0.4) is 0 Å². The first kappa shape index (κ1) is 13.3. The van der Waals surface area contributed by atoms with Crippen molar-refractivity contribution in [3.05, 3.63) is 24.0 Å². The summed E-state index contributed by atoms with van der Waals surface area (Å²) in [5.74, 6) is 0.294. The van der Waals surface area contributed by atoms with Crippen molar-refractivity contribution in [1.82, 2.24) is 10.3 Å².